The van der Waals surface area contributed by atoms with Crippen molar-refractivity contribution in [1.29, 1.82) is 0 Å². The van der Waals surface area contributed by atoms with Gasteiger partial charge in [-0.05, 0) is 26.0 Å². The van der Waals surface area contributed by atoms with E-state index < -0.39 is 23.1 Å². The molecule has 0 aliphatic carbocycles. The van der Waals surface area contributed by atoms with Crippen LogP contribution in [0.25, 0.3) is 0 Å². The van der Waals surface area contributed by atoms with Crippen molar-refractivity contribution >= 4 is 5.91 Å². The minimum atomic E-state index is -0.864. The zero-order valence-corrected chi connectivity index (χ0v) is 11.1. The molecule has 106 valence electrons. The van der Waals surface area contributed by atoms with Crippen LogP contribution in [0.4, 0.5) is 8.78 Å². The van der Waals surface area contributed by atoms with Gasteiger partial charge in [0.25, 0.3) is 5.91 Å². The van der Waals surface area contributed by atoms with Crippen LogP contribution in [0.2, 0.25) is 0 Å². The average Bonchev–Trinajstić information content (AvgIpc) is 2.36. The molecule has 0 spiro atoms. The molecule has 0 radical (unpaired) electrons. The van der Waals surface area contributed by atoms with Crippen LogP contribution in [-0.2, 0) is 4.79 Å². The number of ether oxygens (including phenoxy) is 1. The third-order valence-corrected chi connectivity index (χ3v) is 2.91. The number of aliphatic hydroxyl groups is 1. The van der Waals surface area contributed by atoms with Crippen molar-refractivity contribution in [3.05, 3.63) is 29.8 Å². The van der Waals surface area contributed by atoms with Crippen LogP contribution in [-0.4, -0.2) is 41.7 Å². The van der Waals surface area contributed by atoms with E-state index in [1.807, 2.05) is 0 Å². The molecule has 1 rings (SSSR count). The number of carbonyl (C=O) groups is 1. The molecule has 0 atom stereocenters. The molecule has 0 aliphatic heterocycles. The first-order valence-electron chi connectivity index (χ1n) is 5.73. The molecule has 1 aromatic rings. The van der Waals surface area contributed by atoms with E-state index in [0.717, 1.165) is 12.1 Å². The minimum absolute atomic E-state index is 0.190. The molecule has 0 aromatic heterocycles. The molecular formula is C13H17F2NO3. The van der Waals surface area contributed by atoms with Gasteiger partial charge in [-0.2, -0.15) is 0 Å². The van der Waals surface area contributed by atoms with Gasteiger partial charge in [0.15, 0.2) is 18.2 Å². The largest absolute Gasteiger partial charge is 0.481 e. The zero-order valence-electron chi connectivity index (χ0n) is 11.1. The van der Waals surface area contributed by atoms with Gasteiger partial charge < -0.3 is 14.7 Å². The Hall–Kier alpha value is -1.69. The van der Waals surface area contributed by atoms with Crippen LogP contribution in [0.15, 0.2) is 18.2 Å². The number of hydrogen-bond acceptors (Lipinski definition) is 3. The lowest BCUT2D eigenvalue weighted by molar-refractivity contribution is -0.138. The Bertz CT molecular complexity index is 463. The van der Waals surface area contributed by atoms with E-state index in [9.17, 15) is 13.6 Å². The van der Waals surface area contributed by atoms with Gasteiger partial charge in [-0.3, -0.25) is 4.79 Å². The van der Waals surface area contributed by atoms with Gasteiger partial charge in [0.05, 0.1) is 12.1 Å². The highest BCUT2D eigenvalue weighted by Crippen LogP contribution is 2.18. The fraction of sp³-hybridized carbons (Fsp3) is 0.462. The fourth-order valence-corrected chi connectivity index (χ4v) is 1.27. The Balaban J connectivity index is 2.64. The van der Waals surface area contributed by atoms with Gasteiger partial charge in [-0.25, -0.2) is 8.78 Å². The summed E-state index contributed by atoms with van der Waals surface area (Å²) in [5.41, 5.74) is -0.734. The van der Waals surface area contributed by atoms with Crippen LogP contribution >= 0.6 is 0 Å². The van der Waals surface area contributed by atoms with Crippen molar-refractivity contribution in [2.45, 2.75) is 19.4 Å². The second kappa shape index (κ2) is 5.97. The lowest BCUT2D eigenvalue weighted by Gasteiger charge is -2.33. The Morgan fingerprint density at radius 1 is 1.42 bits per heavy atom. The number of amides is 1. The number of halogens is 2. The number of benzene rings is 1. The summed E-state index contributed by atoms with van der Waals surface area (Å²) in [6.45, 7) is 2.77. The Morgan fingerprint density at radius 2 is 2.05 bits per heavy atom. The highest BCUT2D eigenvalue weighted by Gasteiger charge is 2.27. The van der Waals surface area contributed by atoms with Gasteiger partial charge in [-0.15, -0.1) is 0 Å². The molecule has 0 heterocycles. The quantitative estimate of drug-likeness (QED) is 0.886. The van der Waals surface area contributed by atoms with Crippen LogP contribution < -0.4 is 4.74 Å². The molecule has 1 amide bonds. The lowest BCUT2D eigenvalue weighted by atomic mass is 10.1. The summed E-state index contributed by atoms with van der Waals surface area (Å²) >= 11 is 0. The maximum atomic E-state index is 13.3. The van der Waals surface area contributed by atoms with E-state index in [1.165, 1.54) is 11.9 Å². The lowest BCUT2D eigenvalue weighted by Crippen LogP contribution is -2.49. The SMILES string of the molecule is CN(C(=O)COc1ccc(F)cc1F)C(C)(C)CO. The van der Waals surface area contributed by atoms with E-state index in [2.05, 4.69) is 0 Å². The molecule has 19 heavy (non-hydrogen) atoms. The van der Waals surface area contributed by atoms with Crippen LogP contribution in [0.1, 0.15) is 13.8 Å². The number of likely N-dealkylation sites (N-methyl/N-ethyl adjacent to an activating group) is 1. The molecule has 0 bridgehead atoms. The van der Waals surface area contributed by atoms with Gasteiger partial charge in [-0.1, -0.05) is 0 Å². The van der Waals surface area contributed by atoms with Crippen molar-refractivity contribution in [3.63, 3.8) is 0 Å². The molecule has 0 unspecified atom stereocenters. The maximum Gasteiger partial charge on any atom is 0.260 e. The summed E-state index contributed by atoms with van der Waals surface area (Å²) in [6, 6.07) is 2.85. The fourth-order valence-electron chi connectivity index (χ4n) is 1.27. The Kier molecular flexibility index (Phi) is 4.83. The molecule has 1 aromatic carbocycles. The molecule has 4 nitrogen and oxygen atoms in total. The van der Waals surface area contributed by atoms with E-state index in [-0.39, 0.29) is 19.0 Å². The molecule has 1 N–H and O–H groups in total. The van der Waals surface area contributed by atoms with Crippen LogP contribution in [0.3, 0.4) is 0 Å². The van der Waals surface area contributed by atoms with Gasteiger partial charge in [0.2, 0.25) is 0 Å². The second-order valence-electron chi connectivity index (χ2n) is 4.79. The monoisotopic (exact) mass is 273 g/mol. The second-order valence-corrected chi connectivity index (χ2v) is 4.79. The van der Waals surface area contributed by atoms with Gasteiger partial charge >= 0.3 is 0 Å². The summed E-state index contributed by atoms with van der Waals surface area (Å²) in [7, 11) is 1.52. The topological polar surface area (TPSA) is 49.8 Å². The summed E-state index contributed by atoms with van der Waals surface area (Å²) in [6.07, 6.45) is 0. The first kappa shape index (κ1) is 15.4. The summed E-state index contributed by atoms with van der Waals surface area (Å²) < 4.78 is 31.0. The zero-order chi connectivity index (χ0) is 14.6. The molecule has 0 saturated carbocycles. The number of hydrogen-bond donors (Lipinski definition) is 1. The maximum absolute atomic E-state index is 13.3. The van der Waals surface area contributed by atoms with Crippen molar-refractivity contribution in [2.75, 3.05) is 20.3 Å². The normalized spacial score (nSPS) is 11.3. The predicted molar refractivity (Wildman–Crippen MR) is 65.8 cm³/mol. The van der Waals surface area contributed by atoms with E-state index >= 15 is 0 Å². The Labute approximate surface area is 110 Å². The van der Waals surface area contributed by atoms with E-state index in [1.54, 1.807) is 13.8 Å². The van der Waals surface area contributed by atoms with Crippen molar-refractivity contribution in [1.82, 2.24) is 4.90 Å². The first-order valence-corrected chi connectivity index (χ1v) is 5.73. The summed E-state index contributed by atoms with van der Waals surface area (Å²) in [5.74, 6) is -2.18. The average molecular weight is 273 g/mol. The van der Waals surface area contributed by atoms with Crippen molar-refractivity contribution < 1.29 is 23.4 Å². The predicted octanol–water partition coefficient (Wildman–Crippen LogP) is 1.57. The van der Waals surface area contributed by atoms with E-state index in [4.69, 9.17) is 9.84 Å². The van der Waals surface area contributed by atoms with Crippen LogP contribution in [0, 0.1) is 11.6 Å². The number of carbonyl (C=O) groups excluding carboxylic acids is 1. The molecule has 0 saturated heterocycles. The van der Waals surface area contributed by atoms with Gasteiger partial charge in [0.1, 0.15) is 5.82 Å². The molecule has 6 heteroatoms. The molecular weight excluding hydrogens is 256 g/mol. The van der Waals surface area contributed by atoms with Gasteiger partial charge in [0, 0.05) is 13.1 Å². The first-order chi connectivity index (χ1) is 8.77. The van der Waals surface area contributed by atoms with Crippen molar-refractivity contribution in [2.24, 2.45) is 0 Å². The highest BCUT2D eigenvalue weighted by molar-refractivity contribution is 5.78. The summed E-state index contributed by atoms with van der Waals surface area (Å²) in [5, 5.41) is 9.14. The third kappa shape index (κ3) is 3.89. The number of rotatable bonds is 5. The standard InChI is InChI=1S/C13H17F2NO3/c1-13(2,8-17)16(3)12(18)7-19-11-5-4-9(14)6-10(11)15/h4-6,17H,7-8H2,1-3H3. The number of aliphatic hydroxyl groups excluding tert-OH is 1. The van der Waals surface area contributed by atoms with Crippen molar-refractivity contribution in [3.8, 4) is 5.75 Å². The Morgan fingerprint density at radius 3 is 2.58 bits per heavy atom. The highest BCUT2D eigenvalue weighted by atomic mass is 19.1. The van der Waals surface area contributed by atoms with E-state index in [0.29, 0.717) is 6.07 Å². The minimum Gasteiger partial charge on any atom is -0.481 e. The number of nitrogens with zero attached hydrogens (tertiary/aromatic N) is 1. The summed E-state index contributed by atoms with van der Waals surface area (Å²) in [4.78, 5) is 13.1. The van der Waals surface area contributed by atoms with Crippen LogP contribution in [0.5, 0.6) is 5.75 Å². The smallest absolute Gasteiger partial charge is 0.260 e. The third-order valence-electron chi connectivity index (χ3n) is 2.91. The molecule has 0 aliphatic rings. The molecule has 0 fully saturated rings.